The number of ether oxygens (including phenoxy) is 2. The Morgan fingerprint density at radius 3 is 2.70 bits per heavy atom. The number of methoxy groups -OCH3 is 1. The van der Waals surface area contributed by atoms with Crippen molar-refractivity contribution < 1.29 is 14.6 Å². The van der Waals surface area contributed by atoms with Gasteiger partial charge in [-0.3, -0.25) is 4.90 Å². The summed E-state index contributed by atoms with van der Waals surface area (Å²) < 4.78 is 11.4. The number of benzene rings is 2. The van der Waals surface area contributed by atoms with Gasteiger partial charge in [0, 0.05) is 38.0 Å². The van der Waals surface area contributed by atoms with Crippen LogP contribution in [0.25, 0.3) is 0 Å². The second kappa shape index (κ2) is 7.53. The molecule has 0 bridgehead atoms. The number of aliphatic hydroxyl groups is 1. The third-order valence-electron chi connectivity index (χ3n) is 6.04. The zero-order valence-electron chi connectivity index (χ0n) is 16.3. The number of aryl methyl sites for hydroxylation is 1. The Morgan fingerprint density at radius 2 is 1.96 bits per heavy atom. The Hall–Kier alpha value is -2.04. The summed E-state index contributed by atoms with van der Waals surface area (Å²) in [4.78, 5) is 2.43. The molecular formula is C23H29NO3. The fourth-order valence-electron chi connectivity index (χ4n) is 4.31. The van der Waals surface area contributed by atoms with Gasteiger partial charge in [-0.1, -0.05) is 24.3 Å². The van der Waals surface area contributed by atoms with Gasteiger partial charge in [0.25, 0.3) is 0 Å². The van der Waals surface area contributed by atoms with Crippen LogP contribution in [0.4, 0.5) is 0 Å². The van der Waals surface area contributed by atoms with E-state index in [-0.39, 0.29) is 6.10 Å². The van der Waals surface area contributed by atoms with Gasteiger partial charge in [0.2, 0.25) is 0 Å². The van der Waals surface area contributed by atoms with E-state index in [4.69, 9.17) is 9.47 Å². The first kappa shape index (κ1) is 18.3. The number of rotatable bonds is 5. The maximum absolute atomic E-state index is 11.1. The summed E-state index contributed by atoms with van der Waals surface area (Å²) >= 11 is 0. The van der Waals surface area contributed by atoms with E-state index in [0.717, 1.165) is 56.8 Å². The normalized spacial score (nSPS) is 21.5. The zero-order valence-corrected chi connectivity index (χ0v) is 16.3. The number of piperidine rings is 1. The molecule has 1 atom stereocenters. The van der Waals surface area contributed by atoms with Crippen LogP contribution in [0.3, 0.4) is 0 Å². The molecular weight excluding hydrogens is 338 g/mol. The SMILES string of the molecule is COc1ccc2c(c1)C[C@H](CN1CCC(O)(Cc3ccccc3C)CC1)O2. The van der Waals surface area contributed by atoms with Gasteiger partial charge in [-0.2, -0.15) is 0 Å². The first-order valence-electron chi connectivity index (χ1n) is 9.87. The van der Waals surface area contributed by atoms with Crippen molar-refractivity contribution in [1.82, 2.24) is 4.90 Å². The minimum absolute atomic E-state index is 0.190. The van der Waals surface area contributed by atoms with E-state index in [1.807, 2.05) is 12.1 Å². The van der Waals surface area contributed by atoms with Crippen LogP contribution in [-0.4, -0.2) is 48.5 Å². The molecule has 0 unspecified atom stereocenters. The second-order valence-electron chi connectivity index (χ2n) is 8.05. The van der Waals surface area contributed by atoms with Gasteiger partial charge < -0.3 is 14.6 Å². The number of nitrogens with zero attached hydrogens (tertiary/aromatic N) is 1. The first-order chi connectivity index (χ1) is 13.0. The lowest BCUT2D eigenvalue weighted by Crippen LogP contribution is -2.48. The van der Waals surface area contributed by atoms with Crippen LogP contribution in [0.15, 0.2) is 42.5 Å². The molecule has 2 aliphatic heterocycles. The van der Waals surface area contributed by atoms with Crippen LogP contribution in [0.2, 0.25) is 0 Å². The van der Waals surface area contributed by atoms with E-state index in [0.29, 0.717) is 0 Å². The molecule has 1 saturated heterocycles. The Bertz CT molecular complexity index is 796. The molecule has 1 N–H and O–H groups in total. The minimum Gasteiger partial charge on any atom is -0.497 e. The van der Waals surface area contributed by atoms with Gasteiger partial charge in [0.1, 0.15) is 17.6 Å². The average Bonchev–Trinajstić information content (AvgIpc) is 3.07. The smallest absolute Gasteiger partial charge is 0.123 e. The summed E-state index contributed by atoms with van der Waals surface area (Å²) in [5.74, 6) is 1.87. The molecule has 4 nitrogen and oxygen atoms in total. The standard InChI is InChI=1S/C23H29NO3/c1-17-5-3-4-6-18(17)15-23(25)9-11-24(12-10-23)16-21-14-19-13-20(26-2)7-8-22(19)27-21/h3-8,13,21,25H,9-12,14-16H2,1-2H3/t21-/m1/s1. The molecule has 0 aliphatic carbocycles. The van der Waals surface area contributed by atoms with Crippen LogP contribution in [0, 0.1) is 6.92 Å². The first-order valence-corrected chi connectivity index (χ1v) is 9.87. The van der Waals surface area contributed by atoms with E-state index < -0.39 is 5.60 Å². The molecule has 0 saturated carbocycles. The molecule has 4 heteroatoms. The quantitative estimate of drug-likeness (QED) is 0.880. The predicted molar refractivity (Wildman–Crippen MR) is 107 cm³/mol. The number of hydrogen-bond acceptors (Lipinski definition) is 4. The Labute approximate surface area is 161 Å². The van der Waals surface area contributed by atoms with Crippen molar-refractivity contribution in [3.63, 3.8) is 0 Å². The van der Waals surface area contributed by atoms with Crippen LogP contribution < -0.4 is 9.47 Å². The lowest BCUT2D eigenvalue weighted by Gasteiger charge is -2.39. The highest BCUT2D eigenvalue weighted by molar-refractivity contribution is 5.43. The molecule has 144 valence electrons. The van der Waals surface area contributed by atoms with Crippen LogP contribution in [0.5, 0.6) is 11.5 Å². The number of likely N-dealkylation sites (tertiary alicyclic amines) is 1. The largest absolute Gasteiger partial charge is 0.497 e. The summed E-state index contributed by atoms with van der Waals surface area (Å²) in [7, 11) is 1.70. The van der Waals surface area contributed by atoms with Gasteiger partial charge in [-0.05, 0) is 49.1 Å². The fourth-order valence-corrected chi connectivity index (χ4v) is 4.31. The van der Waals surface area contributed by atoms with Crippen molar-refractivity contribution in [1.29, 1.82) is 0 Å². The van der Waals surface area contributed by atoms with Crippen LogP contribution in [-0.2, 0) is 12.8 Å². The summed E-state index contributed by atoms with van der Waals surface area (Å²) in [5, 5.41) is 11.1. The lowest BCUT2D eigenvalue weighted by molar-refractivity contribution is -0.0265. The molecule has 2 heterocycles. The van der Waals surface area contributed by atoms with Crippen molar-refractivity contribution in [3.05, 3.63) is 59.2 Å². The summed E-state index contributed by atoms with van der Waals surface area (Å²) in [6, 6.07) is 14.4. The van der Waals surface area contributed by atoms with E-state index in [1.54, 1.807) is 7.11 Å². The van der Waals surface area contributed by atoms with Crippen LogP contribution >= 0.6 is 0 Å². The molecule has 0 spiro atoms. The Kier molecular flexibility index (Phi) is 5.11. The molecule has 27 heavy (non-hydrogen) atoms. The highest BCUT2D eigenvalue weighted by Gasteiger charge is 2.34. The molecule has 0 radical (unpaired) electrons. The third kappa shape index (κ3) is 4.12. The summed E-state index contributed by atoms with van der Waals surface area (Å²) in [6.45, 7) is 4.87. The van der Waals surface area contributed by atoms with Gasteiger partial charge >= 0.3 is 0 Å². The van der Waals surface area contributed by atoms with E-state index in [2.05, 4.69) is 42.2 Å². The molecule has 1 fully saturated rings. The highest BCUT2D eigenvalue weighted by atomic mass is 16.5. The van der Waals surface area contributed by atoms with Gasteiger partial charge in [0.15, 0.2) is 0 Å². The van der Waals surface area contributed by atoms with Crippen LogP contribution in [0.1, 0.15) is 29.5 Å². The highest BCUT2D eigenvalue weighted by Crippen LogP contribution is 2.33. The van der Waals surface area contributed by atoms with Gasteiger partial charge in [0.05, 0.1) is 12.7 Å². The monoisotopic (exact) mass is 367 g/mol. The summed E-state index contributed by atoms with van der Waals surface area (Å²) in [6.07, 6.45) is 3.49. The molecule has 0 aromatic heterocycles. The summed E-state index contributed by atoms with van der Waals surface area (Å²) in [5.41, 5.74) is 3.17. The van der Waals surface area contributed by atoms with Crippen molar-refractivity contribution >= 4 is 0 Å². The molecule has 2 aromatic carbocycles. The number of hydrogen-bond donors (Lipinski definition) is 1. The van der Waals surface area contributed by atoms with Gasteiger partial charge in [-0.25, -0.2) is 0 Å². The van der Waals surface area contributed by atoms with Crippen molar-refractivity contribution in [2.24, 2.45) is 0 Å². The Morgan fingerprint density at radius 1 is 1.19 bits per heavy atom. The molecule has 0 amide bonds. The van der Waals surface area contributed by atoms with E-state index in [9.17, 15) is 5.11 Å². The topological polar surface area (TPSA) is 41.9 Å². The average molecular weight is 367 g/mol. The van der Waals surface area contributed by atoms with Crippen molar-refractivity contribution in [3.8, 4) is 11.5 Å². The molecule has 2 aliphatic rings. The second-order valence-corrected chi connectivity index (χ2v) is 8.05. The van der Waals surface area contributed by atoms with Crippen molar-refractivity contribution in [2.45, 2.75) is 44.3 Å². The maximum Gasteiger partial charge on any atom is 0.123 e. The fraction of sp³-hybridized carbons (Fsp3) is 0.478. The van der Waals surface area contributed by atoms with E-state index in [1.165, 1.54) is 16.7 Å². The number of fused-ring (bicyclic) bond motifs is 1. The maximum atomic E-state index is 11.1. The minimum atomic E-state index is -0.588. The van der Waals surface area contributed by atoms with Gasteiger partial charge in [-0.15, -0.1) is 0 Å². The molecule has 2 aromatic rings. The zero-order chi connectivity index (χ0) is 18.9. The Balaban J connectivity index is 1.30. The third-order valence-corrected chi connectivity index (χ3v) is 6.04. The van der Waals surface area contributed by atoms with E-state index >= 15 is 0 Å². The lowest BCUT2D eigenvalue weighted by atomic mass is 9.84. The molecule has 4 rings (SSSR count). The van der Waals surface area contributed by atoms with Crippen molar-refractivity contribution in [2.75, 3.05) is 26.7 Å². The predicted octanol–water partition coefficient (Wildman–Crippen LogP) is 3.38.